The van der Waals surface area contributed by atoms with E-state index in [0.29, 0.717) is 12.8 Å². The van der Waals surface area contributed by atoms with Crippen LogP contribution < -0.4 is 0 Å². The maximum absolute atomic E-state index is 12.4. The van der Waals surface area contributed by atoms with Gasteiger partial charge in [-0.05, 0) is 73.7 Å². The summed E-state index contributed by atoms with van der Waals surface area (Å²) in [7, 11) is 0. The van der Waals surface area contributed by atoms with Crippen molar-refractivity contribution in [1.29, 1.82) is 10.5 Å². The predicted octanol–water partition coefficient (Wildman–Crippen LogP) is 4.78. The van der Waals surface area contributed by atoms with Crippen molar-refractivity contribution in [3.05, 3.63) is 45.8 Å². The van der Waals surface area contributed by atoms with E-state index in [2.05, 4.69) is 49.6 Å². The Bertz CT molecular complexity index is 1070. The van der Waals surface area contributed by atoms with Crippen molar-refractivity contribution in [2.75, 3.05) is 39.4 Å². The average molecular weight is 521 g/mol. The molecular formula is C30H40N4O4. The molecule has 1 aliphatic heterocycles. The molecule has 2 aliphatic carbocycles. The van der Waals surface area contributed by atoms with E-state index in [9.17, 15) is 20.1 Å². The van der Waals surface area contributed by atoms with Gasteiger partial charge in [0.2, 0.25) is 0 Å². The monoisotopic (exact) mass is 520 g/mol. The Kier molecular flexibility index (Phi) is 9.09. The molecular weight excluding hydrogens is 480 g/mol. The Morgan fingerprint density at radius 1 is 0.737 bits per heavy atom. The maximum Gasteiger partial charge on any atom is 0.349 e. The van der Waals surface area contributed by atoms with Gasteiger partial charge in [0.15, 0.2) is 0 Å². The van der Waals surface area contributed by atoms with Gasteiger partial charge in [-0.1, -0.05) is 27.7 Å². The summed E-state index contributed by atoms with van der Waals surface area (Å²) >= 11 is 0. The smallest absolute Gasteiger partial charge is 0.349 e. The first-order valence-electron chi connectivity index (χ1n) is 13.5. The number of rotatable bonds is 6. The summed E-state index contributed by atoms with van der Waals surface area (Å²) in [5.74, 6) is -1.11. The predicted molar refractivity (Wildman–Crippen MR) is 144 cm³/mol. The zero-order valence-corrected chi connectivity index (χ0v) is 23.6. The molecule has 0 unspecified atom stereocenters. The zero-order chi connectivity index (χ0) is 28.1. The summed E-state index contributed by atoms with van der Waals surface area (Å²) in [6.45, 7) is 15.8. The number of nitriles is 2. The number of piperazine rings is 1. The third kappa shape index (κ3) is 6.86. The van der Waals surface area contributed by atoms with Crippen LogP contribution in [0.4, 0.5) is 0 Å². The van der Waals surface area contributed by atoms with Crippen LogP contribution in [0.1, 0.15) is 67.2 Å². The van der Waals surface area contributed by atoms with Crippen molar-refractivity contribution >= 4 is 11.9 Å². The fraction of sp³-hybridized carbons (Fsp3) is 0.600. The van der Waals surface area contributed by atoms with Crippen LogP contribution in [-0.4, -0.2) is 61.1 Å². The highest BCUT2D eigenvalue weighted by molar-refractivity contribution is 5.95. The summed E-state index contributed by atoms with van der Waals surface area (Å²) in [6, 6.07) is 4.15. The van der Waals surface area contributed by atoms with Gasteiger partial charge in [-0.3, -0.25) is 0 Å². The fourth-order valence-electron chi connectivity index (χ4n) is 5.65. The Morgan fingerprint density at radius 2 is 1.08 bits per heavy atom. The van der Waals surface area contributed by atoms with E-state index in [1.807, 2.05) is 12.2 Å². The molecule has 0 aromatic heterocycles. The normalized spacial score (nSPS) is 23.3. The summed E-state index contributed by atoms with van der Waals surface area (Å²) in [4.78, 5) is 29.5. The molecule has 0 spiro atoms. The molecule has 0 N–H and O–H groups in total. The number of carbonyl (C=O) groups is 2. The molecule has 0 radical (unpaired) electrons. The number of allylic oxidation sites excluding steroid dienone is 6. The standard InChI is InChI=1S/C30H40N4O4/c1-7-37-27(35)25(19-31)21-13-23(17-29(3,4)15-21)33-9-11-34(12-10-33)24-14-22(16-30(5,6)18-24)26(20-32)28(36)38-8-2/h13-14H,7-12,15-18H2,1-6H3. The van der Waals surface area contributed by atoms with Crippen molar-refractivity contribution in [3.8, 4) is 12.1 Å². The number of nitrogens with zero attached hydrogens (tertiary/aromatic N) is 4. The Balaban J connectivity index is 1.84. The molecule has 8 heteroatoms. The molecule has 0 saturated carbocycles. The van der Waals surface area contributed by atoms with Crippen LogP contribution in [0.5, 0.6) is 0 Å². The van der Waals surface area contributed by atoms with Gasteiger partial charge in [0.25, 0.3) is 0 Å². The molecule has 3 aliphatic rings. The minimum Gasteiger partial charge on any atom is -0.462 e. The van der Waals surface area contributed by atoms with Crippen LogP contribution in [0.3, 0.4) is 0 Å². The lowest BCUT2D eigenvalue weighted by molar-refractivity contribution is -0.139. The third-order valence-corrected chi connectivity index (χ3v) is 7.26. The van der Waals surface area contributed by atoms with Crippen molar-refractivity contribution in [2.45, 2.75) is 67.2 Å². The number of hydrogen-bond acceptors (Lipinski definition) is 8. The van der Waals surface area contributed by atoms with Gasteiger partial charge < -0.3 is 19.3 Å². The lowest BCUT2D eigenvalue weighted by Crippen LogP contribution is -2.47. The summed E-state index contributed by atoms with van der Waals surface area (Å²) < 4.78 is 10.3. The van der Waals surface area contributed by atoms with Crippen LogP contribution in [-0.2, 0) is 19.1 Å². The summed E-state index contributed by atoms with van der Waals surface area (Å²) in [5.41, 5.74) is 3.80. The van der Waals surface area contributed by atoms with E-state index in [-0.39, 0.29) is 35.2 Å². The molecule has 204 valence electrons. The Labute approximate surface area is 226 Å². The quantitative estimate of drug-likeness (QED) is 0.280. The second-order valence-electron chi connectivity index (χ2n) is 11.7. The molecule has 3 rings (SSSR count). The van der Waals surface area contributed by atoms with Crippen LogP contribution in [0.15, 0.2) is 45.8 Å². The molecule has 0 bridgehead atoms. The molecule has 0 atom stereocenters. The van der Waals surface area contributed by atoms with Crippen molar-refractivity contribution in [3.63, 3.8) is 0 Å². The van der Waals surface area contributed by atoms with Crippen molar-refractivity contribution < 1.29 is 19.1 Å². The Hall–Kier alpha value is -3.52. The molecule has 0 aromatic rings. The van der Waals surface area contributed by atoms with Gasteiger partial charge in [-0.2, -0.15) is 10.5 Å². The largest absolute Gasteiger partial charge is 0.462 e. The van der Waals surface area contributed by atoms with Gasteiger partial charge in [0.05, 0.1) is 13.2 Å². The number of esters is 2. The third-order valence-electron chi connectivity index (χ3n) is 7.26. The number of ether oxygens (including phenoxy) is 2. The van der Waals surface area contributed by atoms with Gasteiger partial charge in [0.1, 0.15) is 23.3 Å². The first-order chi connectivity index (χ1) is 17.9. The summed E-state index contributed by atoms with van der Waals surface area (Å²) in [5, 5.41) is 19.4. The van der Waals surface area contributed by atoms with Gasteiger partial charge in [-0.25, -0.2) is 9.59 Å². The average Bonchev–Trinajstić information content (AvgIpc) is 2.83. The highest BCUT2D eigenvalue weighted by Gasteiger charge is 2.35. The van der Waals surface area contributed by atoms with E-state index in [1.165, 1.54) is 0 Å². The molecule has 1 heterocycles. The Morgan fingerprint density at radius 3 is 1.37 bits per heavy atom. The SMILES string of the molecule is CCOC(=O)C(C#N)=C1C=C(N2CCN(C3=CC(=C(C#N)C(=O)OCC)CC(C)(C)C3)CC2)CC(C)(C)C1. The first kappa shape index (κ1) is 29.0. The minimum absolute atomic E-state index is 0.0818. The minimum atomic E-state index is -0.557. The van der Waals surface area contributed by atoms with Gasteiger partial charge >= 0.3 is 11.9 Å². The van der Waals surface area contributed by atoms with Crippen LogP contribution in [0.25, 0.3) is 0 Å². The van der Waals surface area contributed by atoms with Crippen LogP contribution in [0.2, 0.25) is 0 Å². The second kappa shape index (κ2) is 11.9. The van der Waals surface area contributed by atoms with E-state index in [0.717, 1.165) is 61.6 Å². The fourth-order valence-corrected chi connectivity index (χ4v) is 5.65. The van der Waals surface area contributed by atoms with Crippen molar-refractivity contribution in [2.24, 2.45) is 10.8 Å². The lowest BCUT2D eigenvalue weighted by Gasteiger charge is -2.45. The molecule has 1 saturated heterocycles. The highest BCUT2D eigenvalue weighted by atomic mass is 16.5. The first-order valence-corrected chi connectivity index (χ1v) is 13.5. The van der Waals surface area contributed by atoms with Gasteiger partial charge in [0, 0.05) is 37.6 Å². The second-order valence-corrected chi connectivity index (χ2v) is 11.7. The van der Waals surface area contributed by atoms with Crippen LogP contribution >= 0.6 is 0 Å². The summed E-state index contributed by atoms with van der Waals surface area (Å²) in [6.07, 6.45) is 7.06. The molecule has 1 fully saturated rings. The van der Waals surface area contributed by atoms with E-state index >= 15 is 0 Å². The molecule has 8 nitrogen and oxygen atoms in total. The number of hydrogen-bond donors (Lipinski definition) is 0. The van der Waals surface area contributed by atoms with Gasteiger partial charge in [-0.15, -0.1) is 0 Å². The number of carbonyl (C=O) groups excluding carboxylic acids is 2. The van der Waals surface area contributed by atoms with E-state index in [1.54, 1.807) is 13.8 Å². The maximum atomic E-state index is 12.4. The molecule has 0 amide bonds. The molecule has 38 heavy (non-hydrogen) atoms. The zero-order valence-electron chi connectivity index (χ0n) is 23.6. The molecule has 0 aromatic carbocycles. The van der Waals surface area contributed by atoms with Crippen LogP contribution in [0, 0.1) is 33.5 Å². The topological polar surface area (TPSA) is 107 Å². The van der Waals surface area contributed by atoms with E-state index < -0.39 is 11.9 Å². The highest BCUT2D eigenvalue weighted by Crippen LogP contribution is 2.42. The lowest BCUT2D eigenvalue weighted by atomic mass is 9.75. The van der Waals surface area contributed by atoms with E-state index in [4.69, 9.17) is 9.47 Å². The van der Waals surface area contributed by atoms with Crippen molar-refractivity contribution in [1.82, 2.24) is 9.80 Å².